The number of imidazole rings is 2. The Morgan fingerprint density at radius 2 is 1.15 bits per heavy atom. The van der Waals surface area contributed by atoms with Crippen molar-refractivity contribution in [3.8, 4) is 34.0 Å². The van der Waals surface area contributed by atoms with E-state index < -0.39 is 17.9 Å². The third kappa shape index (κ3) is 16.1. The van der Waals surface area contributed by atoms with E-state index in [-0.39, 0.29) is 65.9 Å². The zero-order valence-electron chi connectivity index (χ0n) is 42.6. The molecule has 0 spiro atoms. The number of rotatable bonds is 22. The molecule has 73 heavy (non-hydrogen) atoms. The van der Waals surface area contributed by atoms with E-state index in [1.54, 1.807) is 60.3 Å². The second kappa shape index (κ2) is 26.7. The fourth-order valence-corrected chi connectivity index (χ4v) is 8.27. The van der Waals surface area contributed by atoms with Crippen molar-refractivity contribution in [2.75, 3.05) is 13.7 Å². The number of aromatic nitrogens is 4. The number of carbonyl (C=O) groups excluding carboxylic acids is 5. The number of hydrogen-bond acceptors (Lipinski definition) is 10. The normalized spacial score (nSPS) is 11.9. The number of halogens is 3. The monoisotopic (exact) mass is 1040 g/mol. The Balaban J connectivity index is 0.000000271. The smallest absolute Gasteiger partial charge is 0.251 e. The van der Waals surface area contributed by atoms with E-state index in [4.69, 9.17) is 32.7 Å². The lowest BCUT2D eigenvalue weighted by atomic mass is 10.0. The Kier molecular flexibility index (Phi) is 20.9. The molecule has 0 saturated carbocycles. The van der Waals surface area contributed by atoms with Gasteiger partial charge in [-0.15, -0.1) is 0 Å². The number of aryl methyl sites for hydroxylation is 2. The van der Waals surface area contributed by atoms with E-state index in [2.05, 4.69) is 25.9 Å². The van der Waals surface area contributed by atoms with Gasteiger partial charge in [0.25, 0.3) is 11.8 Å². The minimum absolute atomic E-state index is 0.0426. The molecule has 4 aromatic carbocycles. The van der Waals surface area contributed by atoms with Crippen molar-refractivity contribution in [3.63, 3.8) is 0 Å². The van der Waals surface area contributed by atoms with Gasteiger partial charge in [-0.1, -0.05) is 53.5 Å². The zero-order chi connectivity index (χ0) is 53.5. The van der Waals surface area contributed by atoms with Gasteiger partial charge in [-0.25, -0.2) is 14.4 Å². The summed E-state index contributed by atoms with van der Waals surface area (Å²) in [5, 5.41) is 18.6. The predicted molar refractivity (Wildman–Crippen MR) is 281 cm³/mol. The van der Waals surface area contributed by atoms with Crippen LogP contribution in [0, 0.1) is 5.82 Å². The van der Waals surface area contributed by atoms with Crippen LogP contribution in [0.15, 0.2) is 91.3 Å². The maximum Gasteiger partial charge on any atom is 0.251 e. The van der Waals surface area contributed by atoms with Gasteiger partial charge in [0.05, 0.1) is 33.6 Å². The number of nitrogens with one attached hydrogen (secondary N) is 3. The molecule has 0 aliphatic carbocycles. The summed E-state index contributed by atoms with van der Waals surface area (Å²) < 4.78 is 29.8. The van der Waals surface area contributed by atoms with Crippen LogP contribution in [0.3, 0.4) is 0 Å². The summed E-state index contributed by atoms with van der Waals surface area (Å²) in [7, 11) is 1.56. The first-order valence-electron chi connectivity index (χ1n) is 24.1. The number of ether oxygens (including phenoxy) is 2. The summed E-state index contributed by atoms with van der Waals surface area (Å²) in [6.07, 6.45) is 4.60. The van der Waals surface area contributed by atoms with Gasteiger partial charge >= 0.3 is 0 Å². The third-order valence-corrected chi connectivity index (χ3v) is 12.0. The zero-order valence-corrected chi connectivity index (χ0v) is 44.2. The van der Waals surface area contributed by atoms with Crippen LogP contribution in [0.4, 0.5) is 4.39 Å². The Hall–Kier alpha value is -6.88. The molecule has 388 valence electrons. The van der Waals surface area contributed by atoms with Gasteiger partial charge in [-0.2, -0.15) is 0 Å². The SMILES string of the molecule is CCn1cc(-c2ccc(CC(CC(=O)NC)NC(=O)c3ccc(OC(C)C)c(Cl)c3)cc2)nc1C(C)=O.CCn1cc(-c2ccc(C[C@@H](CCO)NC(=O)c3ccc(OC(C)C)c(Cl)c3)cc2F)nc1C(C)=O. The molecule has 2 atom stereocenters. The second-order valence-electron chi connectivity index (χ2n) is 17.9. The number of amides is 3. The molecule has 0 bridgehead atoms. The topological polar surface area (TPSA) is 196 Å². The maximum absolute atomic E-state index is 15.0. The first-order chi connectivity index (χ1) is 34.7. The number of benzene rings is 4. The lowest BCUT2D eigenvalue weighted by molar-refractivity contribution is -0.121. The molecule has 3 amide bonds. The van der Waals surface area contributed by atoms with E-state index >= 15 is 4.39 Å². The predicted octanol–water partition coefficient (Wildman–Crippen LogP) is 9.77. The van der Waals surface area contributed by atoms with E-state index in [0.717, 1.165) is 16.8 Å². The number of aliphatic hydroxyl groups excluding tert-OH is 1. The van der Waals surface area contributed by atoms with Crippen molar-refractivity contribution in [1.29, 1.82) is 0 Å². The van der Waals surface area contributed by atoms with Crippen LogP contribution in [0.25, 0.3) is 22.5 Å². The molecule has 0 aliphatic rings. The first-order valence-corrected chi connectivity index (χ1v) is 24.9. The molecule has 0 radical (unpaired) electrons. The van der Waals surface area contributed by atoms with Crippen molar-refractivity contribution in [2.24, 2.45) is 0 Å². The fraction of sp³-hybridized carbons (Fsp3) is 0.364. The lowest BCUT2D eigenvalue weighted by Crippen LogP contribution is -2.40. The van der Waals surface area contributed by atoms with Gasteiger partial charge in [-0.05, 0) is 120 Å². The van der Waals surface area contributed by atoms with Crippen LogP contribution in [0.2, 0.25) is 10.0 Å². The molecule has 0 aliphatic heterocycles. The lowest BCUT2D eigenvalue weighted by Gasteiger charge is -2.19. The Morgan fingerprint density at radius 3 is 1.59 bits per heavy atom. The Labute approximate surface area is 435 Å². The van der Waals surface area contributed by atoms with Crippen LogP contribution in [-0.4, -0.2) is 91.4 Å². The average molecular weight is 1040 g/mol. The van der Waals surface area contributed by atoms with Crippen LogP contribution < -0.4 is 25.4 Å². The fourth-order valence-electron chi connectivity index (χ4n) is 7.82. The quantitative estimate of drug-likeness (QED) is 0.0476. The van der Waals surface area contributed by atoms with Crippen LogP contribution in [-0.2, 0) is 30.7 Å². The summed E-state index contributed by atoms with van der Waals surface area (Å²) in [5.41, 5.74) is 4.59. The van der Waals surface area contributed by atoms with E-state index in [0.29, 0.717) is 82.1 Å². The highest BCUT2D eigenvalue weighted by Crippen LogP contribution is 2.29. The average Bonchev–Trinajstić information content (AvgIpc) is 3.99. The summed E-state index contributed by atoms with van der Waals surface area (Å²) in [6.45, 7) is 15.4. The number of carbonyl (C=O) groups is 5. The highest BCUT2D eigenvalue weighted by molar-refractivity contribution is 6.32. The molecule has 15 nitrogen and oxygen atoms in total. The molecule has 18 heteroatoms. The molecule has 4 N–H and O–H groups in total. The minimum atomic E-state index is -0.482. The molecule has 2 aromatic heterocycles. The summed E-state index contributed by atoms with van der Waals surface area (Å²) in [5.74, 6) is 0.0963. The molecule has 6 aromatic rings. The third-order valence-electron chi connectivity index (χ3n) is 11.4. The van der Waals surface area contributed by atoms with Crippen molar-refractivity contribution in [2.45, 2.75) is 118 Å². The van der Waals surface area contributed by atoms with E-state index in [1.165, 1.54) is 26.0 Å². The van der Waals surface area contributed by atoms with Crippen LogP contribution in [0.1, 0.15) is 121 Å². The molecule has 0 fully saturated rings. The maximum atomic E-state index is 15.0. The molecular weight excluding hydrogens is 977 g/mol. The van der Waals surface area contributed by atoms with Crippen molar-refractivity contribution in [3.05, 3.63) is 141 Å². The van der Waals surface area contributed by atoms with Crippen molar-refractivity contribution >= 4 is 52.5 Å². The molecule has 0 saturated heterocycles. The van der Waals surface area contributed by atoms with Gasteiger partial charge in [0.15, 0.2) is 23.2 Å². The summed E-state index contributed by atoms with van der Waals surface area (Å²) in [4.78, 5) is 70.4. The van der Waals surface area contributed by atoms with Crippen molar-refractivity contribution < 1.29 is 42.9 Å². The molecule has 6 rings (SSSR count). The number of Topliss-reactive ketones (excluding diaryl/α,β-unsaturated/α-hetero) is 2. The summed E-state index contributed by atoms with van der Waals surface area (Å²) in [6, 6.07) is 21.3. The second-order valence-corrected chi connectivity index (χ2v) is 18.7. The number of hydrogen-bond donors (Lipinski definition) is 4. The Bertz CT molecular complexity index is 2900. The standard InChI is InChI=1S/C28H33ClN4O4.C27H31ClFN3O4/c1-6-33-16-24(32-27(33)18(4)34)20-9-7-19(8-10-20)13-22(15-26(35)30-5)31-28(36)21-11-12-25(23(29)14-21)37-17(2)3;1-5-32-15-24(31-26(32)17(4)34)21-8-6-18(13-23(21)29)12-20(10-11-33)30-27(35)19-7-9-25(22(28)14-19)36-16(2)3/h7-12,14,16-17,22H,6,13,15H2,1-5H3,(H,30,35)(H,31,36);6-9,13-16,20,33H,5,10-12H2,1-4H3,(H,30,35)/t;20-/m.1/s1. The molecule has 1 unspecified atom stereocenters. The minimum Gasteiger partial charge on any atom is -0.489 e. The van der Waals surface area contributed by atoms with E-state index in [1.807, 2.05) is 76.6 Å². The van der Waals surface area contributed by atoms with Crippen molar-refractivity contribution in [1.82, 2.24) is 35.1 Å². The molecular formula is C55H64Cl2FN7O8. The van der Waals surface area contributed by atoms with Gasteiger partial charge < -0.3 is 39.7 Å². The first kappa shape index (κ1) is 57.0. The van der Waals surface area contributed by atoms with Gasteiger partial charge in [-0.3, -0.25) is 24.0 Å². The highest BCUT2D eigenvalue weighted by Gasteiger charge is 2.22. The largest absolute Gasteiger partial charge is 0.489 e. The number of nitrogens with zero attached hydrogens (tertiary/aromatic N) is 4. The molecule has 2 heterocycles. The van der Waals surface area contributed by atoms with E-state index in [9.17, 15) is 29.1 Å². The highest BCUT2D eigenvalue weighted by atomic mass is 35.5. The van der Waals surface area contributed by atoms with Crippen LogP contribution >= 0.6 is 23.2 Å². The van der Waals surface area contributed by atoms with Crippen LogP contribution in [0.5, 0.6) is 11.5 Å². The Morgan fingerprint density at radius 1 is 0.671 bits per heavy atom. The number of aliphatic hydroxyl groups is 1. The van der Waals surface area contributed by atoms with Gasteiger partial charge in [0, 0.05) is 93.7 Å². The van der Waals surface area contributed by atoms with Gasteiger partial charge in [0.2, 0.25) is 5.91 Å². The number of ketones is 2. The summed E-state index contributed by atoms with van der Waals surface area (Å²) >= 11 is 12.6. The van der Waals surface area contributed by atoms with Gasteiger partial charge in [0.1, 0.15) is 17.3 Å².